The molecule has 3 aromatic rings. The Bertz CT molecular complexity index is 1120. The van der Waals surface area contributed by atoms with Crippen molar-refractivity contribution in [1.29, 1.82) is 0 Å². The van der Waals surface area contributed by atoms with Crippen LogP contribution in [0, 0.1) is 6.92 Å². The Labute approximate surface area is 155 Å². The fraction of sp³-hybridized carbons (Fsp3) is 0.211. The number of aromatic nitrogens is 4. The lowest BCUT2D eigenvalue weighted by Crippen LogP contribution is -2.47. The zero-order chi connectivity index (χ0) is 18.9. The van der Waals surface area contributed by atoms with E-state index in [-0.39, 0.29) is 0 Å². The van der Waals surface area contributed by atoms with E-state index in [0.29, 0.717) is 29.3 Å². The van der Waals surface area contributed by atoms with E-state index in [2.05, 4.69) is 30.5 Å². The highest BCUT2D eigenvalue weighted by molar-refractivity contribution is 5.53. The van der Waals surface area contributed by atoms with Gasteiger partial charge >= 0.3 is 0 Å². The van der Waals surface area contributed by atoms with Crippen LogP contribution in [-0.2, 0) is 5.54 Å². The maximum Gasteiger partial charge on any atom is 0.154 e. The Morgan fingerprint density at radius 3 is 2.85 bits per heavy atom. The van der Waals surface area contributed by atoms with Gasteiger partial charge in [0.1, 0.15) is 11.6 Å². The number of aryl methyl sites for hydroxylation is 1. The van der Waals surface area contributed by atoms with Crippen LogP contribution in [-0.4, -0.2) is 33.8 Å². The first-order chi connectivity index (χ1) is 13.1. The lowest BCUT2D eigenvalue weighted by Gasteiger charge is -2.26. The summed E-state index contributed by atoms with van der Waals surface area (Å²) in [6, 6.07) is 7.54. The average molecular weight is 361 g/mol. The number of hydrogen-bond donors (Lipinski definition) is 2. The number of nitrogens with two attached hydrogens (primary N) is 1. The molecule has 0 aromatic carbocycles. The van der Waals surface area contributed by atoms with Crippen molar-refractivity contribution >= 4 is 17.7 Å². The minimum absolute atomic E-state index is 0.409. The van der Waals surface area contributed by atoms with E-state index in [1.165, 1.54) is 0 Å². The van der Waals surface area contributed by atoms with Gasteiger partial charge in [-0.1, -0.05) is 0 Å². The molecule has 136 valence electrons. The van der Waals surface area contributed by atoms with Crippen LogP contribution < -0.4 is 26.5 Å². The summed E-state index contributed by atoms with van der Waals surface area (Å²) in [5.41, 5.74) is 7.64. The quantitative estimate of drug-likeness (QED) is 0.700. The molecule has 1 aliphatic rings. The highest BCUT2D eigenvalue weighted by Crippen LogP contribution is 2.24. The number of hydrogen-bond acceptors (Lipinski definition) is 8. The fourth-order valence-corrected chi connectivity index (χ4v) is 2.90. The van der Waals surface area contributed by atoms with Crippen molar-refractivity contribution in [3.05, 3.63) is 64.7 Å². The Balaban J connectivity index is 1.72. The number of anilines is 2. The molecule has 1 atom stereocenters. The van der Waals surface area contributed by atoms with E-state index in [1.54, 1.807) is 25.7 Å². The van der Waals surface area contributed by atoms with E-state index in [1.807, 2.05) is 37.3 Å². The van der Waals surface area contributed by atoms with Crippen LogP contribution in [0.5, 0.6) is 5.75 Å². The van der Waals surface area contributed by atoms with Crippen LogP contribution in [0.2, 0.25) is 0 Å². The van der Waals surface area contributed by atoms with E-state index in [0.717, 1.165) is 16.5 Å². The number of nitrogens with one attached hydrogen (secondary N) is 1. The summed E-state index contributed by atoms with van der Waals surface area (Å²) < 4.78 is 5.25. The molecule has 0 amide bonds. The van der Waals surface area contributed by atoms with E-state index in [4.69, 9.17) is 10.5 Å². The van der Waals surface area contributed by atoms with E-state index in [9.17, 15) is 0 Å². The second kappa shape index (κ2) is 6.73. The highest BCUT2D eigenvalue weighted by Gasteiger charge is 2.27. The molecule has 0 radical (unpaired) electrons. The summed E-state index contributed by atoms with van der Waals surface area (Å²) in [5, 5.41) is 12.7. The molecule has 8 heteroatoms. The number of methoxy groups -OCH3 is 1. The normalized spacial score (nSPS) is 18.0. The zero-order valence-electron chi connectivity index (χ0n) is 15.0. The monoisotopic (exact) mass is 361 g/mol. The minimum atomic E-state index is -0.802. The molecule has 8 nitrogen and oxygen atoms in total. The standard InChI is InChI=1S/C19H19N7O/c1-12-5-18(26-23-8-12)25-17-4-3-15-16(24-17)7-19(20,11-22-15)13-6-14(27-2)10-21-9-13/h3-10H,11,20H2,1-2H3,(H,24,25,26). The maximum absolute atomic E-state index is 6.61. The molecule has 3 aromatic heterocycles. The van der Waals surface area contributed by atoms with Gasteiger partial charge in [-0.05, 0) is 48.4 Å². The second-order valence-electron chi connectivity index (χ2n) is 6.46. The Hall–Kier alpha value is -3.39. The van der Waals surface area contributed by atoms with Gasteiger partial charge in [0.05, 0.1) is 42.3 Å². The van der Waals surface area contributed by atoms with Crippen molar-refractivity contribution in [2.75, 3.05) is 19.0 Å². The average Bonchev–Trinajstić information content (AvgIpc) is 2.68. The summed E-state index contributed by atoms with van der Waals surface area (Å²) in [7, 11) is 1.60. The first kappa shape index (κ1) is 17.0. The first-order valence-corrected chi connectivity index (χ1v) is 8.45. The largest absolute Gasteiger partial charge is 0.495 e. The summed E-state index contributed by atoms with van der Waals surface area (Å²) >= 11 is 0. The molecule has 4 rings (SSSR count). The number of fused-ring (bicyclic) bond motifs is 1. The number of rotatable bonds is 4. The third-order valence-corrected chi connectivity index (χ3v) is 4.34. The van der Waals surface area contributed by atoms with E-state index >= 15 is 0 Å². The molecule has 0 spiro atoms. The molecule has 0 saturated heterocycles. The second-order valence-corrected chi connectivity index (χ2v) is 6.46. The number of pyridine rings is 2. The molecule has 27 heavy (non-hydrogen) atoms. The molecule has 0 bridgehead atoms. The van der Waals surface area contributed by atoms with Gasteiger partial charge in [-0.3, -0.25) is 9.98 Å². The van der Waals surface area contributed by atoms with Gasteiger partial charge in [-0.25, -0.2) is 4.98 Å². The Kier molecular flexibility index (Phi) is 4.25. The highest BCUT2D eigenvalue weighted by atomic mass is 16.5. The van der Waals surface area contributed by atoms with Crippen molar-refractivity contribution in [2.45, 2.75) is 12.5 Å². The fourth-order valence-electron chi connectivity index (χ4n) is 2.90. The minimum Gasteiger partial charge on any atom is -0.495 e. The van der Waals surface area contributed by atoms with Crippen LogP contribution in [0.4, 0.5) is 11.6 Å². The SMILES string of the molecule is COc1cncc(C2(N)C=c3nc(Nc4cc(C)cnn4)ccc3=NC2)c1. The Morgan fingerprint density at radius 1 is 1.15 bits per heavy atom. The molecular formula is C19H19N7O. The van der Waals surface area contributed by atoms with Crippen molar-refractivity contribution < 1.29 is 4.74 Å². The van der Waals surface area contributed by atoms with Crippen molar-refractivity contribution in [2.24, 2.45) is 10.7 Å². The summed E-state index contributed by atoms with van der Waals surface area (Å²) in [5.74, 6) is 1.93. The predicted octanol–water partition coefficient (Wildman–Crippen LogP) is 0.595. The number of ether oxygens (including phenoxy) is 1. The maximum atomic E-state index is 6.61. The smallest absolute Gasteiger partial charge is 0.154 e. The molecule has 0 fully saturated rings. The van der Waals surface area contributed by atoms with Crippen LogP contribution in [0.3, 0.4) is 0 Å². The summed E-state index contributed by atoms with van der Waals surface area (Å²) in [6.45, 7) is 2.37. The van der Waals surface area contributed by atoms with Gasteiger partial charge in [-0.15, -0.1) is 5.10 Å². The van der Waals surface area contributed by atoms with Gasteiger partial charge in [0, 0.05) is 6.20 Å². The van der Waals surface area contributed by atoms with Crippen LogP contribution in [0.15, 0.2) is 47.8 Å². The zero-order valence-corrected chi connectivity index (χ0v) is 15.0. The van der Waals surface area contributed by atoms with Crippen molar-refractivity contribution in [1.82, 2.24) is 20.2 Å². The lowest BCUT2D eigenvalue weighted by molar-refractivity contribution is 0.410. The predicted molar refractivity (Wildman–Crippen MR) is 101 cm³/mol. The van der Waals surface area contributed by atoms with Gasteiger partial charge in [0.15, 0.2) is 5.82 Å². The molecule has 4 heterocycles. The van der Waals surface area contributed by atoms with Gasteiger partial charge in [0.25, 0.3) is 0 Å². The van der Waals surface area contributed by atoms with Crippen LogP contribution in [0.1, 0.15) is 11.1 Å². The van der Waals surface area contributed by atoms with Gasteiger partial charge in [0.2, 0.25) is 0 Å². The molecule has 1 unspecified atom stereocenters. The summed E-state index contributed by atoms with van der Waals surface area (Å²) in [6.07, 6.45) is 6.98. The summed E-state index contributed by atoms with van der Waals surface area (Å²) in [4.78, 5) is 13.4. The Morgan fingerprint density at radius 2 is 2.04 bits per heavy atom. The van der Waals surface area contributed by atoms with Crippen molar-refractivity contribution in [3.8, 4) is 5.75 Å². The number of nitrogens with zero attached hydrogens (tertiary/aromatic N) is 5. The molecule has 0 saturated carbocycles. The lowest BCUT2D eigenvalue weighted by atomic mass is 9.90. The topological polar surface area (TPSA) is 111 Å². The van der Waals surface area contributed by atoms with Gasteiger partial charge in [-0.2, -0.15) is 5.10 Å². The third kappa shape index (κ3) is 3.47. The molecular weight excluding hydrogens is 342 g/mol. The van der Waals surface area contributed by atoms with Gasteiger partial charge < -0.3 is 15.8 Å². The van der Waals surface area contributed by atoms with Crippen molar-refractivity contribution in [3.63, 3.8) is 0 Å². The molecule has 3 N–H and O–H groups in total. The molecule has 1 aliphatic heterocycles. The molecule has 0 aliphatic carbocycles. The van der Waals surface area contributed by atoms with E-state index < -0.39 is 5.54 Å². The van der Waals surface area contributed by atoms with Crippen LogP contribution in [0.25, 0.3) is 6.08 Å². The first-order valence-electron chi connectivity index (χ1n) is 8.45. The van der Waals surface area contributed by atoms with Crippen LogP contribution >= 0.6 is 0 Å². The third-order valence-electron chi connectivity index (χ3n) is 4.34.